The van der Waals surface area contributed by atoms with Gasteiger partial charge in [-0.2, -0.15) is 0 Å². The van der Waals surface area contributed by atoms with Gasteiger partial charge in [0.05, 0.1) is 17.1 Å². The number of rotatable bonds is 3. The van der Waals surface area contributed by atoms with Gasteiger partial charge in [0, 0.05) is 6.07 Å². The highest BCUT2D eigenvalue weighted by molar-refractivity contribution is 5.66. The van der Waals surface area contributed by atoms with Crippen molar-refractivity contribution in [3.8, 4) is 0 Å². The van der Waals surface area contributed by atoms with Gasteiger partial charge in [0.2, 0.25) is 0 Å². The van der Waals surface area contributed by atoms with Crippen molar-refractivity contribution in [3.63, 3.8) is 0 Å². The van der Waals surface area contributed by atoms with Crippen LogP contribution in [0.15, 0.2) is 18.2 Å². The number of hydrogen-bond acceptors (Lipinski definition) is 4. The molecule has 1 aliphatic rings. The number of hydrogen-bond donors (Lipinski definition) is 2. The van der Waals surface area contributed by atoms with Crippen LogP contribution in [0.1, 0.15) is 31.2 Å². The van der Waals surface area contributed by atoms with Crippen molar-refractivity contribution >= 4 is 11.4 Å². The number of aliphatic hydroxyl groups excluding tert-OH is 1. The van der Waals surface area contributed by atoms with Gasteiger partial charge >= 0.3 is 0 Å². The Labute approximate surface area is 106 Å². The molecule has 0 radical (unpaired) electrons. The van der Waals surface area contributed by atoms with Crippen molar-refractivity contribution in [3.05, 3.63) is 33.9 Å². The second kappa shape index (κ2) is 5.35. The monoisotopic (exact) mass is 250 g/mol. The van der Waals surface area contributed by atoms with Gasteiger partial charge in [-0.05, 0) is 25.3 Å². The first-order chi connectivity index (χ1) is 8.59. The topological polar surface area (TPSA) is 75.4 Å². The average molecular weight is 250 g/mol. The first-order valence-corrected chi connectivity index (χ1v) is 6.28. The number of nitro benzene ring substituents is 1. The molecule has 98 valence electrons. The van der Waals surface area contributed by atoms with Crippen molar-refractivity contribution in [2.24, 2.45) is 0 Å². The minimum atomic E-state index is -0.419. The summed E-state index contributed by atoms with van der Waals surface area (Å²) in [5, 5.41) is 24.1. The summed E-state index contributed by atoms with van der Waals surface area (Å²) in [5.74, 6) is 0. The lowest BCUT2D eigenvalue weighted by atomic mass is 9.92. The standard InChI is InChI=1S/C13H18N2O3/c1-9-5-4-7-11(15(17)18)13(9)14-10-6-2-3-8-12(10)16/h4-5,7,10,12,14,16H,2-3,6,8H2,1H3. The van der Waals surface area contributed by atoms with E-state index in [0.29, 0.717) is 5.69 Å². The van der Waals surface area contributed by atoms with Crippen molar-refractivity contribution in [1.82, 2.24) is 0 Å². The molecule has 2 N–H and O–H groups in total. The van der Waals surface area contributed by atoms with Crippen LogP contribution in [0.2, 0.25) is 0 Å². The summed E-state index contributed by atoms with van der Waals surface area (Å²) in [4.78, 5) is 10.6. The highest BCUT2D eigenvalue weighted by Crippen LogP contribution is 2.31. The SMILES string of the molecule is Cc1cccc([N+](=O)[O-])c1NC1CCCCC1O. The third kappa shape index (κ3) is 2.61. The van der Waals surface area contributed by atoms with Crippen LogP contribution >= 0.6 is 0 Å². The lowest BCUT2D eigenvalue weighted by molar-refractivity contribution is -0.384. The Morgan fingerprint density at radius 3 is 2.78 bits per heavy atom. The minimum Gasteiger partial charge on any atom is -0.391 e. The van der Waals surface area contributed by atoms with Gasteiger partial charge in [0.25, 0.3) is 5.69 Å². The first-order valence-electron chi connectivity index (χ1n) is 6.28. The van der Waals surface area contributed by atoms with Crippen LogP contribution in [-0.4, -0.2) is 22.2 Å². The maximum atomic E-state index is 11.0. The molecule has 1 aromatic carbocycles. The van der Waals surface area contributed by atoms with E-state index in [9.17, 15) is 15.2 Å². The molecule has 18 heavy (non-hydrogen) atoms. The molecular formula is C13H18N2O3. The molecule has 0 amide bonds. The van der Waals surface area contributed by atoms with E-state index in [0.717, 1.165) is 31.2 Å². The van der Waals surface area contributed by atoms with Gasteiger partial charge in [0.15, 0.2) is 0 Å². The summed E-state index contributed by atoms with van der Waals surface area (Å²) in [7, 11) is 0. The van der Waals surface area contributed by atoms with E-state index in [2.05, 4.69) is 5.32 Å². The molecule has 5 nitrogen and oxygen atoms in total. The Balaban J connectivity index is 2.24. The van der Waals surface area contributed by atoms with Crippen LogP contribution in [0.4, 0.5) is 11.4 Å². The Bertz CT molecular complexity index is 448. The van der Waals surface area contributed by atoms with Gasteiger partial charge in [-0.1, -0.05) is 25.0 Å². The Morgan fingerprint density at radius 1 is 1.39 bits per heavy atom. The van der Waals surface area contributed by atoms with Crippen LogP contribution < -0.4 is 5.32 Å². The Hall–Kier alpha value is -1.62. The fourth-order valence-electron chi connectivity index (χ4n) is 2.46. The number of aryl methyl sites for hydroxylation is 1. The fraction of sp³-hybridized carbons (Fsp3) is 0.538. The van der Waals surface area contributed by atoms with Crippen LogP contribution in [0.25, 0.3) is 0 Å². The smallest absolute Gasteiger partial charge is 0.292 e. The molecule has 2 rings (SSSR count). The predicted octanol–water partition coefficient (Wildman–Crippen LogP) is 2.62. The summed E-state index contributed by atoms with van der Waals surface area (Å²) in [6.45, 7) is 1.84. The van der Waals surface area contributed by atoms with E-state index in [4.69, 9.17) is 0 Å². The quantitative estimate of drug-likeness (QED) is 0.638. The van der Waals surface area contributed by atoms with Crippen LogP contribution in [0, 0.1) is 17.0 Å². The predicted molar refractivity (Wildman–Crippen MR) is 69.7 cm³/mol. The number of aliphatic hydroxyl groups is 1. The van der Waals surface area contributed by atoms with E-state index in [1.165, 1.54) is 6.07 Å². The molecule has 2 unspecified atom stereocenters. The zero-order chi connectivity index (χ0) is 13.1. The number of nitrogens with zero attached hydrogens (tertiary/aromatic N) is 1. The third-order valence-corrected chi connectivity index (χ3v) is 3.51. The Kier molecular flexibility index (Phi) is 3.81. The maximum Gasteiger partial charge on any atom is 0.292 e. The molecule has 0 spiro atoms. The number of nitro groups is 1. The van der Waals surface area contributed by atoms with E-state index < -0.39 is 6.10 Å². The van der Waals surface area contributed by atoms with Gasteiger partial charge in [-0.3, -0.25) is 10.1 Å². The van der Waals surface area contributed by atoms with E-state index in [1.807, 2.05) is 13.0 Å². The van der Waals surface area contributed by atoms with Gasteiger partial charge in [0.1, 0.15) is 5.69 Å². The number of anilines is 1. The van der Waals surface area contributed by atoms with Crippen LogP contribution in [-0.2, 0) is 0 Å². The average Bonchev–Trinajstić information content (AvgIpc) is 2.34. The normalized spacial score (nSPS) is 23.7. The molecule has 1 fully saturated rings. The summed E-state index contributed by atoms with van der Waals surface area (Å²) in [6.07, 6.45) is 3.27. The molecule has 1 aromatic rings. The molecule has 2 atom stereocenters. The molecule has 0 saturated heterocycles. The lowest BCUT2D eigenvalue weighted by Crippen LogP contribution is -2.36. The van der Waals surface area contributed by atoms with Crippen LogP contribution in [0.5, 0.6) is 0 Å². The summed E-state index contributed by atoms with van der Waals surface area (Å²) in [6, 6.07) is 4.92. The zero-order valence-corrected chi connectivity index (χ0v) is 10.4. The third-order valence-electron chi connectivity index (χ3n) is 3.51. The maximum absolute atomic E-state index is 11.0. The second-order valence-corrected chi connectivity index (χ2v) is 4.83. The molecule has 1 saturated carbocycles. The fourth-order valence-corrected chi connectivity index (χ4v) is 2.46. The molecule has 0 bridgehead atoms. The lowest BCUT2D eigenvalue weighted by Gasteiger charge is -2.29. The second-order valence-electron chi connectivity index (χ2n) is 4.83. The van der Waals surface area contributed by atoms with E-state index in [-0.39, 0.29) is 16.7 Å². The molecule has 5 heteroatoms. The summed E-state index contributed by atoms with van der Waals surface area (Å²) < 4.78 is 0. The molecule has 0 aromatic heterocycles. The van der Waals surface area contributed by atoms with Crippen molar-refractivity contribution < 1.29 is 10.0 Å². The molecule has 1 aliphatic carbocycles. The van der Waals surface area contributed by atoms with Crippen molar-refractivity contribution in [2.75, 3.05) is 5.32 Å². The summed E-state index contributed by atoms with van der Waals surface area (Å²) >= 11 is 0. The van der Waals surface area contributed by atoms with Crippen LogP contribution in [0.3, 0.4) is 0 Å². The number of benzene rings is 1. The van der Waals surface area contributed by atoms with Gasteiger partial charge in [-0.25, -0.2) is 0 Å². The largest absolute Gasteiger partial charge is 0.391 e. The highest BCUT2D eigenvalue weighted by Gasteiger charge is 2.26. The Morgan fingerprint density at radius 2 is 2.11 bits per heavy atom. The molecule has 0 aliphatic heterocycles. The van der Waals surface area contributed by atoms with Crippen molar-refractivity contribution in [2.45, 2.75) is 44.8 Å². The number of nitrogens with one attached hydrogen (secondary N) is 1. The number of para-hydroxylation sites is 1. The first kappa shape index (κ1) is 12.8. The van der Waals surface area contributed by atoms with E-state index in [1.54, 1.807) is 6.07 Å². The zero-order valence-electron chi connectivity index (χ0n) is 10.4. The highest BCUT2D eigenvalue weighted by atomic mass is 16.6. The molecule has 0 heterocycles. The summed E-state index contributed by atoms with van der Waals surface area (Å²) in [5.41, 5.74) is 1.45. The van der Waals surface area contributed by atoms with Gasteiger partial charge in [-0.15, -0.1) is 0 Å². The van der Waals surface area contributed by atoms with E-state index >= 15 is 0 Å². The van der Waals surface area contributed by atoms with Gasteiger partial charge < -0.3 is 10.4 Å². The molecular weight excluding hydrogens is 232 g/mol. The minimum absolute atomic E-state index is 0.0766. The van der Waals surface area contributed by atoms with Crippen molar-refractivity contribution in [1.29, 1.82) is 0 Å².